The lowest BCUT2D eigenvalue weighted by atomic mass is 9.95. The summed E-state index contributed by atoms with van der Waals surface area (Å²) in [6, 6.07) is 7.13. The van der Waals surface area contributed by atoms with Crippen LogP contribution in [-0.4, -0.2) is 0 Å². The van der Waals surface area contributed by atoms with Crippen molar-refractivity contribution >= 4 is 11.6 Å². The lowest BCUT2D eigenvalue weighted by Crippen LogP contribution is -1.99. The average Bonchev–Trinajstić information content (AvgIpc) is 2.52. The lowest BCUT2D eigenvalue weighted by Gasteiger charge is -2.11. The van der Waals surface area contributed by atoms with Crippen LogP contribution in [0.1, 0.15) is 47.2 Å². The number of benzene rings is 2. The molecule has 2 aromatic rings. The van der Waals surface area contributed by atoms with E-state index in [-0.39, 0.29) is 11.6 Å². The van der Waals surface area contributed by atoms with E-state index in [0.717, 1.165) is 27.8 Å². The highest BCUT2D eigenvalue weighted by molar-refractivity contribution is 5.65. The van der Waals surface area contributed by atoms with Crippen LogP contribution in [0.25, 0.3) is 11.6 Å². The summed E-state index contributed by atoms with van der Waals surface area (Å²) >= 11 is 0. The van der Waals surface area contributed by atoms with Crippen molar-refractivity contribution in [1.82, 2.24) is 0 Å². The Morgan fingerprint density at radius 2 is 1.50 bits per heavy atom. The van der Waals surface area contributed by atoms with Gasteiger partial charge in [-0.05, 0) is 86.1 Å². The Bertz CT molecular complexity index is 798. The Hall–Kier alpha value is -2.22. The van der Waals surface area contributed by atoms with Crippen molar-refractivity contribution in [2.24, 2.45) is 0 Å². The first kappa shape index (κ1) is 18.1. The third-order valence-electron chi connectivity index (χ3n) is 4.36. The van der Waals surface area contributed by atoms with E-state index in [1.165, 1.54) is 0 Å². The van der Waals surface area contributed by atoms with Gasteiger partial charge in [-0.15, -0.1) is 0 Å². The topological polar surface area (TPSA) is 0 Å². The van der Waals surface area contributed by atoms with Gasteiger partial charge in [0.15, 0.2) is 0 Å². The third kappa shape index (κ3) is 4.00. The van der Waals surface area contributed by atoms with Gasteiger partial charge in [0.1, 0.15) is 11.6 Å². The van der Waals surface area contributed by atoms with E-state index in [1.807, 2.05) is 38.1 Å². The summed E-state index contributed by atoms with van der Waals surface area (Å²) in [4.78, 5) is 0. The first-order valence-corrected chi connectivity index (χ1v) is 8.20. The fraction of sp³-hybridized carbons (Fsp3) is 0.273. The lowest BCUT2D eigenvalue weighted by molar-refractivity contribution is 0.612. The van der Waals surface area contributed by atoms with Crippen LogP contribution in [0.5, 0.6) is 0 Å². The highest BCUT2D eigenvalue weighted by atomic mass is 19.1. The van der Waals surface area contributed by atoms with Crippen LogP contribution >= 0.6 is 0 Å². The van der Waals surface area contributed by atoms with Crippen LogP contribution in [-0.2, 0) is 12.8 Å². The Balaban J connectivity index is 2.27. The number of aryl methyl sites for hydroxylation is 2. The standard InChI is InChI=1S/C22H24F2/c1-6-7-19-10-17(12-21(23)15(19)4)8-9-18-11-20(14(2)3)16(5)22(24)13-18/h6-7,10-13H,2,8-9H2,1,3-5H3/b7-6+. The fourth-order valence-corrected chi connectivity index (χ4v) is 2.87. The minimum Gasteiger partial charge on any atom is -0.207 e. The zero-order valence-corrected chi connectivity index (χ0v) is 14.8. The van der Waals surface area contributed by atoms with E-state index >= 15 is 0 Å². The van der Waals surface area contributed by atoms with E-state index in [1.54, 1.807) is 26.0 Å². The molecule has 2 heteroatoms. The predicted octanol–water partition coefficient (Wildman–Crippen LogP) is 6.43. The smallest absolute Gasteiger partial charge is 0.126 e. The van der Waals surface area contributed by atoms with E-state index in [0.29, 0.717) is 24.0 Å². The summed E-state index contributed by atoms with van der Waals surface area (Å²) in [5, 5.41) is 0. The highest BCUT2D eigenvalue weighted by Gasteiger charge is 2.09. The van der Waals surface area contributed by atoms with Gasteiger partial charge < -0.3 is 0 Å². The van der Waals surface area contributed by atoms with Gasteiger partial charge in [-0.2, -0.15) is 0 Å². The molecule has 0 saturated heterocycles. The van der Waals surface area contributed by atoms with E-state index in [2.05, 4.69) is 6.58 Å². The molecule has 0 aromatic heterocycles. The van der Waals surface area contributed by atoms with Gasteiger partial charge in [-0.3, -0.25) is 0 Å². The maximum atomic E-state index is 14.1. The second-order valence-electron chi connectivity index (χ2n) is 6.32. The second-order valence-corrected chi connectivity index (χ2v) is 6.32. The molecule has 0 nitrogen and oxygen atoms in total. The molecule has 0 heterocycles. The Morgan fingerprint density at radius 1 is 0.958 bits per heavy atom. The minimum atomic E-state index is -0.213. The van der Waals surface area contributed by atoms with Crippen molar-refractivity contribution < 1.29 is 8.78 Å². The average molecular weight is 326 g/mol. The molecule has 0 fully saturated rings. The highest BCUT2D eigenvalue weighted by Crippen LogP contribution is 2.23. The van der Waals surface area contributed by atoms with Gasteiger partial charge in [0, 0.05) is 0 Å². The van der Waals surface area contributed by atoms with E-state index in [4.69, 9.17) is 0 Å². The summed E-state index contributed by atoms with van der Waals surface area (Å²) in [6.07, 6.45) is 5.14. The van der Waals surface area contributed by atoms with E-state index < -0.39 is 0 Å². The van der Waals surface area contributed by atoms with Crippen molar-refractivity contribution in [1.29, 1.82) is 0 Å². The monoisotopic (exact) mass is 326 g/mol. The molecule has 0 spiro atoms. The Labute approximate surface area is 143 Å². The van der Waals surface area contributed by atoms with Crippen LogP contribution in [0, 0.1) is 25.5 Å². The van der Waals surface area contributed by atoms with Gasteiger partial charge in [0.25, 0.3) is 0 Å². The van der Waals surface area contributed by atoms with Gasteiger partial charge in [-0.1, -0.05) is 36.4 Å². The summed E-state index contributed by atoms with van der Waals surface area (Å²) in [6.45, 7) is 11.3. The number of rotatable bonds is 5. The van der Waals surface area contributed by atoms with Crippen molar-refractivity contribution in [3.63, 3.8) is 0 Å². The molecule has 0 aliphatic carbocycles. The van der Waals surface area contributed by atoms with Crippen LogP contribution in [0.3, 0.4) is 0 Å². The van der Waals surface area contributed by atoms with Gasteiger partial charge in [-0.25, -0.2) is 8.78 Å². The minimum absolute atomic E-state index is 0.196. The fourth-order valence-electron chi connectivity index (χ4n) is 2.87. The Kier molecular flexibility index (Phi) is 5.71. The van der Waals surface area contributed by atoms with Gasteiger partial charge in [0.05, 0.1) is 0 Å². The van der Waals surface area contributed by atoms with Crippen molar-refractivity contribution in [2.75, 3.05) is 0 Å². The molecule has 24 heavy (non-hydrogen) atoms. The predicted molar refractivity (Wildman–Crippen MR) is 99.1 cm³/mol. The summed E-state index contributed by atoms with van der Waals surface area (Å²) in [5.74, 6) is -0.409. The molecule has 0 unspecified atom stereocenters. The van der Waals surface area contributed by atoms with Crippen molar-refractivity contribution in [3.8, 4) is 0 Å². The SMILES string of the molecule is C=C(C)c1cc(CCc2cc(F)c(C)c(/C=C/C)c2)cc(F)c1C. The number of allylic oxidation sites excluding steroid dienone is 2. The molecule has 126 valence electrons. The number of hydrogen-bond donors (Lipinski definition) is 0. The van der Waals surface area contributed by atoms with E-state index in [9.17, 15) is 8.78 Å². The van der Waals surface area contributed by atoms with Crippen molar-refractivity contribution in [2.45, 2.75) is 40.5 Å². The molecule has 0 aliphatic rings. The molecule has 0 saturated carbocycles. The summed E-state index contributed by atoms with van der Waals surface area (Å²) in [7, 11) is 0. The summed E-state index contributed by atoms with van der Waals surface area (Å²) in [5.41, 5.74) is 5.71. The molecule has 2 aromatic carbocycles. The molecule has 2 rings (SSSR count). The van der Waals surface area contributed by atoms with Crippen LogP contribution in [0.4, 0.5) is 8.78 Å². The molecule has 0 bridgehead atoms. The number of halogens is 2. The first-order chi connectivity index (χ1) is 11.3. The molecule has 0 atom stereocenters. The second kappa shape index (κ2) is 7.57. The Morgan fingerprint density at radius 3 is 2.04 bits per heavy atom. The third-order valence-corrected chi connectivity index (χ3v) is 4.36. The molecular weight excluding hydrogens is 302 g/mol. The van der Waals surface area contributed by atoms with Crippen LogP contribution in [0.15, 0.2) is 36.9 Å². The largest absolute Gasteiger partial charge is 0.207 e. The quantitative estimate of drug-likeness (QED) is 0.593. The summed E-state index contributed by atoms with van der Waals surface area (Å²) < 4.78 is 28.2. The maximum absolute atomic E-state index is 14.1. The van der Waals surface area contributed by atoms with Crippen molar-refractivity contribution in [3.05, 3.63) is 81.9 Å². The molecular formula is C22H24F2. The normalized spacial score (nSPS) is 11.2. The number of hydrogen-bond acceptors (Lipinski definition) is 0. The molecule has 0 radical (unpaired) electrons. The molecule has 0 amide bonds. The van der Waals surface area contributed by atoms with Gasteiger partial charge in [0.2, 0.25) is 0 Å². The zero-order chi connectivity index (χ0) is 17.9. The molecule has 0 N–H and O–H groups in total. The zero-order valence-electron chi connectivity index (χ0n) is 14.8. The maximum Gasteiger partial charge on any atom is 0.126 e. The van der Waals surface area contributed by atoms with Crippen LogP contribution in [0.2, 0.25) is 0 Å². The first-order valence-electron chi connectivity index (χ1n) is 8.20. The van der Waals surface area contributed by atoms with Crippen LogP contribution < -0.4 is 0 Å². The molecule has 0 aliphatic heterocycles. The van der Waals surface area contributed by atoms with Gasteiger partial charge >= 0.3 is 0 Å².